The number of fused-ring (bicyclic) bond motifs is 2. The largest absolute Gasteiger partial charge is 0.344 e. The van der Waals surface area contributed by atoms with Gasteiger partial charge in [0.15, 0.2) is 0 Å². The number of carbonyl (C=O) groups is 1. The molecule has 1 atom stereocenters. The number of nitrogens with zero attached hydrogens (tertiary/aromatic N) is 2. The van der Waals surface area contributed by atoms with E-state index in [1.54, 1.807) is 24.3 Å². The summed E-state index contributed by atoms with van der Waals surface area (Å²) in [7, 11) is 0. The standard InChI is InChI=1S/C21H21N5O3/c1-12(2)18(19-22-15-9-5-6-10-16(15)23-19)25-17(27)11-26-20(28)13-7-3-4-8-14(13)24-21(26)29/h3-10,12,18H,11H2,1-2H3,(H,22,23)(H,24,29)(H,25,27). The van der Waals surface area contributed by atoms with E-state index in [4.69, 9.17) is 0 Å². The van der Waals surface area contributed by atoms with Crippen LogP contribution in [0.1, 0.15) is 25.7 Å². The smallest absolute Gasteiger partial charge is 0.329 e. The fourth-order valence-corrected chi connectivity index (χ4v) is 3.38. The molecular weight excluding hydrogens is 370 g/mol. The predicted octanol–water partition coefficient (Wildman–Crippen LogP) is 2.08. The molecule has 0 aliphatic rings. The van der Waals surface area contributed by atoms with Crippen LogP contribution in [0.15, 0.2) is 58.1 Å². The topological polar surface area (TPSA) is 113 Å². The third kappa shape index (κ3) is 3.56. The molecule has 0 aliphatic heterocycles. The van der Waals surface area contributed by atoms with E-state index >= 15 is 0 Å². The van der Waals surface area contributed by atoms with Crippen molar-refractivity contribution in [3.8, 4) is 0 Å². The van der Waals surface area contributed by atoms with Gasteiger partial charge in [0, 0.05) is 0 Å². The van der Waals surface area contributed by atoms with Gasteiger partial charge in [-0.25, -0.2) is 9.78 Å². The van der Waals surface area contributed by atoms with Gasteiger partial charge in [0.2, 0.25) is 5.91 Å². The van der Waals surface area contributed by atoms with Crippen LogP contribution in [0.5, 0.6) is 0 Å². The van der Waals surface area contributed by atoms with Gasteiger partial charge in [0.05, 0.1) is 28.0 Å². The summed E-state index contributed by atoms with van der Waals surface area (Å²) in [5.41, 5.74) is 1.02. The molecule has 1 amide bonds. The molecule has 4 rings (SSSR count). The number of imidazole rings is 1. The van der Waals surface area contributed by atoms with E-state index < -0.39 is 17.2 Å². The molecule has 1 unspecified atom stereocenters. The molecular formula is C21H21N5O3. The maximum atomic E-state index is 12.7. The van der Waals surface area contributed by atoms with Crippen LogP contribution >= 0.6 is 0 Å². The summed E-state index contributed by atoms with van der Waals surface area (Å²) < 4.78 is 0.910. The lowest BCUT2D eigenvalue weighted by Gasteiger charge is -2.20. The average Bonchev–Trinajstić information content (AvgIpc) is 3.13. The van der Waals surface area contributed by atoms with Crippen molar-refractivity contribution in [3.05, 3.63) is 75.2 Å². The van der Waals surface area contributed by atoms with Crippen molar-refractivity contribution in [2.75, 3.05) is 0 Å². The molecule has 2 aromatic heterocycles. The molecule has 29 heavy (non-hydrogen) atoms. The van der Waals surface area contributed by atoms with Gasteiger partial charge in [0.25, 0.3) is 5.56 Å². The molecule has 148 valence electrons. The molecule has 0 radical (unpaired) electrons. The van der Waals surface area contributed by atoms with E-state index in [9.17, 15) is 14.4 Å². The zero-order chi connectivity index (χ0) is 20.5. The highest BCUT2D eigenvalue weighted by Gasteiger charge is 2.22. The SMILES string of the molecule is CC(C)C(NC(=O)Cn1c(=O)[nH]c2ccccc2c1=O)c1nc2ccccc2[nH]1. The Hall–Kier alpha value is -3.68. The quantitative estimate of drug-likeness (QED) is 0.483. The first-order valence-corrected chi connectivity index (χ1v) is 9.40. The number of aromatic amines is 2. The third-order valence-corrected chi connectivity index (χ3v) is 4.88. The van der Waals surface area contributed by atoms with Crippen molar-refractivity contribution in [1.29, 1.82) is 0 Å². The lowest BCUT2D eigenvalue weighted by molar-refractivity contribution is -0.122. The Morgan fingerprint density at radius 3 is 2.45 bits per heavy atom. The Morgan fingerprint density at radius 2 is 1.72 bits per heavy atom. The number of rotatable bonds is 5. The van der Waals surface area contributed by atoms with Gasteiger partial charge in [-0.1, -0.05) is 38.1 Å². The highest BCUT2D eigenvalue weighted by molar-refractivity contribution is 5.79. The molecule has 0 saturated carbocycles. The summed E-state index contributed by atoms with van der Waals surface area (Å²) in [5.74, 6) is 0.243. The molecule has 0 saturated heterocycles. The number of hydrogen-bond acceptors (Lipinski definition) is 4. The number of aromatic nitrogens is 4. The summed E-state index contributed by atoms with van der Waals surface area (Å²) in [6, 6.07) is 13.9. The second-order valence-electron chi connectivity index (χ2n) is 7.30. The molecule has 0 bridgehead atoms. The van der Waals surface area contributed by atoms with Crippen LogP contribution in [0.25, 0.3) is 21.9 Å². The van der Waals surface area contributed by atoms with E-state index in [-0.39, 0.29) is 18.5 Å². The number of carbonyl (C=O) groups excluding carboxylic acids is 1. The molecule has 8 heteroatoms. The number of amides is 1. The van der Waals surface area contributed by atoms with Crippen molar-refractivity contribution in [2.24, 2.45) is 5.92 Å². The van der Waals surface area contributed by atoms with E-state index in [2.05, 4.69) is 20.3 Å². The lowest BCUT2D eigenvalue weighted by Crippen LogP contribution is -2.42. The van der Waals surface area contributed by atoms with Crippen molar-refractivity contribution in [1.82, 2.24) is 24.8 Å². The van der Waals surface area contributed by atoms with Crippen LogP contribution in [0.2, 0.25) is 0 Å². The van der Waals surface area contributed by atoms with E-state index in [0.29, 0.717) is 16.7 Å². The van der Waals surface area contributed by atoms with Crippen LogP contribution < -0.4 is 16.6 Å². The molecule has 4 aromatic rings. The van der Waals surface area contributed by atoms with Crippen molar-refractivity contribution >= 4 is 27.8 Å². The second kappa shape index (κ2) is 7.38. The maximum absolute atomic E-state index is 12.7. The summed E-state index contributed by atoms with van der Waals surface area (Å²) in [4.78, 5) is 48.1. The van der Waals surface area contributed by atoms with Crippen LogP contribution in [-0.4, -0.2) is 25.4 Å². The highest BCUT2D eigenvalue weighted by Crippen LogP contribution is 2.22. The molecule has 0 spiro atoms. The van der Waals surface area contributed by atoms with E-state index in [1.165, 1.54) is 0 Å². The number of hydrogen-bond donors (Lipinski definition) is 3. The Balaban J connectivity index is 1.62. The Bertz CT molecular complexity index is 1280. The first-order chi connectivity index (χ1) is 13.9. The zero-order valence-corrected chi connectivity index (χ0v) is 16.1. The van der Waals surface area contributed by atoms with Gasteiger partial charge in [-0.15, -0.1) is 0 Å². The molecule has 0 aliphatic carbocycles. The van der Waals surface area contributed by atoms with Crippen LogP contribution in [0.3, 0.4) is 0 Å². The minimum absolute atomic E-state index is 0.0473. The lowest BCUT2D eigenvalue weighted by atomic mass is 10.0. The second-order valence-corrected chi connectivity index (χ2v) is 7.30. The number of benzene rings is 2. The monoisotopic (exact) mass is 391 g/mol. The normalized spacial score (nSPS) is 12.5. The van der Waals surface area contributed by atoms with Gasteiger partial charge in [-0.3, -0.25) is 14.2 Å². The zero-order valence-electron chi connectivity index (χ0n) is 16.1. The van der Waals surface area contributed by atoms with Gasteiger partial charge >= 0.3 is 5.69 Å². The molecule has 3 N–H and O–H groups in total. The van der Waals surface area contributed by atoms with Crippen molar-refractivity contribution < 1.29 is 4.79 Å². The van der Waals surface area contributed by atoms with Gasteiger partial charge in [-0.05, 0) is 30.2 Å². The Labute approximate surface area is 165 Å². The summed E-state index contributed by atoms with van der Waals surface area (Å²) in [5, 5.41) is 3.26. The Kier molecular flexibility index (Phi) is 4.75. The Morgan fingerprint density at radius 1 is 1.03 bits per heavy atom. The fourth-order valence-electron chi connectivity index (χ4n) is 3.38. The van der Waals surface area contributed by atoms with Crippen molar-refractivity contribution in [2.45, 2.75) is 26.4 Å². The van der Waals surface area contributed by atoms with Crippen LogP contribution in [0.4, 0.5) is 0 Å². The fraction of sp³-hybridized carbons (Fsp3) is 0.238. The average molecular weight is 391 g/mol. The van der Waals surface area contributed by atoms with Gasteiger partial charge in [-0.2, -0.15) is 0 Å². The van der Waals surface area contributed by atoms with E-state index in [1.807, 2.05) is 38.1 Å². The van der Waals surface area contributed by atoms with Crippen LogP contribution in [0, 0.1) is 5.92 Å². The first kappa shape index (κ1) is 18.7. The molecule has 0 fully saturated rings. The molecule has 2 heterocycles. The minimum Gasteiger partial charge on any atom is -0.344 e. The first-order valence-electron chi connectivity index (χ1n) is 9.40. The number of para-hydroxylation sites is 3. The van der Waals surface area contributed by atoms with Gasteiger partial charge in [0.1, 0.15) is 12.4 Å². The third-order valence-electron chi connectivity index (χ3n) is 4.88. The van der Waals surface area contributed by atoms with Crippen molar-refractivity contribution in [3.63, 3.8) is 0 Å². The molecule has 8 nitrogen and oxygen atoms in total. The van der Waals surface area contributed by atoms with E-state index in [0.717, 1.165) is 15.6 Å². The van der Waals surface area contributed by atoms with Crippen LogP contribution in [-0.2, 0) is 11.3 Å². The number of H-pyrrole nitrogens is 2. The summed E-state index contributed by atoms with van der Waals surface area (Å²) >= 11 is 0. The maximum Gasteiger partial charge on any atom is 0.329 e. The molecule has 2 aromatic carbocycles. The highest BCUT2D eigenvalue weighted by atomic mass is 16.2. The minimum atomic E-state index is -0.617. The number of nitrogens with one attached hydrogen (secondary N) is 3. The summed E-state index contributed by atoms with van der Waals surface area (Å²) in [6.07, 6.45) is 0. The van der Waals surface area contributed by atoms with Gasteiger partial charge < -0.3 is 15.3 Å². The predicted molar refractivity (Wildman–Crippen MR) is 111 cm³/mol. The summed E-state index contributed by atoms with van der Waals surface area (Å²) in [6.45, 7) is 3.56.